The van der Waals surface area contributed by atoms with Crippen LogP contribution in [-0.2, 0) is 6.54 Å². The molecule has 3 aromatic rings. The smallest absolute Gasteiger partial charge is 0.174 e. The normalized spacial score (nSPS) is 18.9. The number of hydrogen-bond acceptors (Lipinski definition) is 3. The number of aromatic hydroxyl groups is 1. The Hall–Kier alpha value is -2.57. The summed E-state index contributed by atoms with van der Waals surface area (Å²) in [4.78, 5) is 6.53. The second-order valence-corrected chi connectivity index (χ2v) is 8.02. The van der Waals surface area contributed by atoms with Gasteiger partial charge in [-0.3, -0.25) is 4.98 Å². The number of nitrogens with zero attached hydrogens (tertiary/aromatic N) is 3. The van der Waals surface area contributed by atoms with Gasteiger partial charge in [0.15, 0.2) is 5.11 Å². The second kappa shape index (κ2) is 7.69. The molecule has 1 aromatic carbocycles. The standard InChI is InChI=1S/C22H23ClN4OS/c1-4-26-13(2)11-16(14(26)3)21-20(17-7-5-6-10-24-17)25-22(29)27(21)18-12-15(23)8-9-19(18)28/h5-12,20-21,28H,4H2,1-3H3,(H,25,29)/t20-,21+/m1/s1. The summed E-state index contributed by atoms with van der Waals surface area (Å²) >= 11 is 12.0. The van der Waals surface area contributed by atoms with Gasteiger partial charge in [-0.25, -0.2) is 0 Å². The number of rotatable bonds is 4. The number of benzene rings is 1. The molecule has 29 heavy (non-hydrogen) atoms. The van der Waals surface area contributed by atoms with E-state index in [4.69, 9.17) is 23.8 Å². The van der Waals surface area contributed by atoms with Crippen LogP contribution in [0.5, 0.6) is 5.75 Å². The van der Waals surface area contributed by atoms with Gasteiger partial charge in [-0.2, -0.15) is 0 Å². The molecule has 0 bridgehead atoms. The van der Waals surface area contributed by atoms with Crippen molar-refractivity contribution in [2.24, 2.45) is 0 Å². The van der Waals surface area contributed by atoms with E-state index >= 15 is 0 Å². The molecule has 0 amide bonds. The van der Waals surface area contributed by atoms with Gasteiger partial charge >= 0.3 is 0 Å². The van der Waals surface area contributed by atoms with Crippen molar-refractivity contribution in [1.29, 1.82) is 0 Å². The monoisotopic (exact) mass is 426 g/mol. The van der Waals surface area contributed by atoms with E-state index in [2.05, 4.69) is 41.7 Å². The highest BCUT2D eigenvalue weighted by Gasteiger charge is 2.43. The van der Waals surface area contributed by atoms with Gasteiger partial charge < -0.3 is 19.9 Å². The van der Waals surface area contributed by atoms with E-state index in [1.807, 2.05) is 23.1 Å². The molecule has 2 aromatic heterocycles. The Bertz CT molecular complexity index is 1070. The second-order valence-electron chi connectivity index (χ2n) is 7.20. The molecule has 2 atom stereocenters. The third kappa shape index (κ3) is 3.36. The highest BCUT2D eigenvalue weighted by atomic mass is 35.5. The molecule has 1 aliphatic rings. The van der Waals surface area contributed by atoms with Gasteiger partial charge in [-0.1, -0.05) is 17.7 Å². The minimum Gasteiger partial charge on any atom is -0.506 e. The summed E-state index contributed by atoms with van der Waals surface area (Å²) in [5.74, 6) is 0.134. The van der Waals surface area contributed by atoms with Crippen molar-refractivity contribution in [1.82, 2.24) is 14.9 Å². The fourth-order valence-electron chi connectivity index (χ4n) is 4.23. The Labute approximate surface area is 180 Å². The zero-order chi connectivity index (χ0) is 20.7. The van der Waals surface area contributed by atoms with Crippen molar-refractivity contribution >= 4 is 34.6 Å². The molecule has 5 nitrogen and oxygen atoms in total. The lowest BCUT2D eigenvalue weighted by atomic mass is 9.96. The Morgan fingerprint density at radius 2 is 2.00 bits per heavy atom. The number of phenols is 1. The average Bonchev–Trinajstić information content (AvgIpc) is 3.19. The van der Waals surface area contributed by atoms with Gasteiger partial charge in [-0.05, 0) is 75.0 Å². The first-order valence-corrected chi connectivity index (χ1v) is 10.4. The molecule has 4 rings (SSSR count). The number of thiocarbonyl (C=S) groups is 1. The van der Waals surface area contributed by atoms with Crippen LogP contribution in [0.3, 0.4) is 0 Å². The first-order chi connectivity index (χ1) is 13.9. The summed E-state index contributed by atoms with van der Waals surface area (Å²) in [6.07, 6.45) is 1.78. The van der Waals surface area contributed by atoms with E-state index < -0.39 is 0 Å². The van der Waals surface area contributed by atoms with E-state index in [9.17, 15) is 5.11 Å². The van der Waals surface area contributed by atoms with E-state index in [-0.39, 0.29) is 17.8 Å². The lowest BCUT2D eigenvalue weighted by Gasteiger charge is -2.28. The van der Waals surface area contributed by atoms with Gasteiger partial charge in [-0.15, -0.1) is 0 Å². The van der Waals surface area contributed by atoms with Crippen molar-refractivity contribution in [3.05, 3.63) is 76.3 Å². The first kappa shape index (κ1) is 19.7. The molecular formula is C22H23ClN4OS. The molecule has 3 heterocycles. The van der Waals surface area contributed by atoms with Gasteiger partial charge in [0.25, 0.3) is 0 Å². The van der Waals surface area contributed by atoms with E-state index in [1.54, 1.807) is 24.4 Å². The quantitative estimate of drug-likeness (QED) is 0.571. The SMILES string of the molecule is CCn1c(C)cc([C@H]2[C@@H](c3ccccn3)NC(=S)N2c2cc(Cl)ccc2O)c1C. The predicted octanol–water partition coefficient (Wildman–Crippen LogP) is 5.06. The van der Waals surface area contributed by atoms with Crippen LogP contribution in [0.4, 0.5) is 5.69 Å². The number of hydrogen-bond donors (Lipinski definition) is 2. The Kier molecular flexibility index (Phi) is 5.23. The molecule has 0 spiro atoms. The van der Waals surface area contributed by atoms with Crippen LogP contribution in [0.15, 0.2) is 48.7 Å². The minimum absolute atomic E-state index is 0.134. The van der Waals surface area contributed by atoms with E-state index in [1.165, 1.54) is 11.4 Å². The summed E-state index contributed by atoms with van der Waals surface area (Å²) in [6, 6.07) is 12.7. The maximum atomic E-state index is 10.6. The fourth-order valence-corrected chi connectivity index (χ4v) is 4.74. The molecule has 0 saturated carbocycles. The average molecular weight is 427 g/mol. The number of pyridine rings is 1. The largest absolute Gasteiger partial charge is 0.506 e. The molecule has 150 valence electrons. The topological polar surface area (TPSA) is 53.3 Å². The number of anilines is 1. The molecule has 0 unspecified atom stereocenters. The predicted molar refractivity (Wildman–Crippen MR) is 121 cm³/mol. The number of nitrogens with one attached hydrogen (secondary N) is 1. The molecular weight excluding hydrogens is 404 g/mol. The third-order valence-corrected chi connectivity index (χ3v) is 6.09. The maximum absolute atomic E-state index is 10.6. The summed E-state index contributed by atoms with van der Waals surface area (Å²) in [7, 11) is 0. The molecule has 2 N–H and O–H groups in total. The zero-order valence-electron chi connectivity index (χ0n) is 16.6. The van der Waals surface area contributed by atoms with Crippen LogP contribution in [0.25, 0.3) is 0 Å². The highest BCUT2D eigenvalue weighted by molar-refractivity contribution is 7.80. The Morgan fingerprint density at radius 1 is 1.21 bits per heavy atom. The van der Waals surface area contributed by atoms with Crippen LogP contribution >= 0.6 is 23.8 Å². The van der Waals surface area contributed by atoms with Crippen molar-refractivity contribution in [3.8, 4) is 5.75 Å². The van der Waals surface area contributed by atoms with Gasteiger partial charge in [0.1, 0.15) is 5.75 Å². The van der Waals surface area contributed by atoms with Crippen LogP contribution in [-0.4, -0.2) is 19.8 Å². The molecule has 0 aliphatic carbocycles. The minimum atomic E-state index is -0.173. The van der Waals surface area contributed by atoms with E-state index in [0.29, 0.717) is 15.8 Å². The Balaban J connectivity index is 1.92. The lowest BCUT2D eigenvalue weighted by molar-refractivity contribution is 0.472. The molecule has 0 radical (unpaired) electrons. The Morgan fingerprint density at radius 3 is 2.66 bits per heavy atom. The van der Waals surface area contributed by atoms with E-state index in [0.717, 1.165) is 17.8 Å². The maximum Gasteiger partial charge on any atom is 0.174 e. The number of aryl methyl sites for hydroxylation is 1. The number of aromatic nitrogens is 2. The van der Waals surface area contributed by atoms with Crippen LogP contribution in [0, 0.1) is 13.8 Å². The van der Waals surface area contributed by atoms with Crippen LogP contribution in [0.1, 0.15) is 41.7 Å². The third-order valence-electron chi connectivity index (χ3n) is 5.54. The first-order valence-electron chi connectivity index (χ1n) is 9.58. The number of halogens is 1. The number of phenolic OH excluding ortho intramolecular Hbond substituents is 1. The summed E-state index contributed by atoms with van der Waals surface area (Å²) < 4.78 is 2.28. The van der Waals surface area contributed by atoms with Crippen LogP contribution in [0.2, 0.25) is 5.02 Å². The molecule has 1 aliphatic heterocycles. The van der Waals surface area contributed by atoms with Gasteiger partial charge in [0.2, 0.25) is 0 Å². The highest BCUT2D eigenvalue weighted by Crippen LogP contribution is 2.46. The van der Waals surface area contributed by atoms with Crippen molar-refractivity contribution in [3.63, 3.8) is 0 Å². The lowest BCUT2D eigenvalue weighted by Crippen LogP contribution is -2.29. The van der Waals surface area contributed by atoms with Gasteiger partial charge in [0.05, 0.1) is 23.5 Å². The summed E-state index contributed by atoms with van der Waals surface area (Å²) in [5.41, 5.74) is 4.98. The van der Waals surface area contributed by atoms with Crippen molar-refractivity contribution < 1.29 is 5.11 Å². The summed E-state index contributed by atoms with van der Waals surface area (Å²) in [6.45, 7) is 7.26. The van der Waals surface area contributed by atoms with Crippen LogP contribution < -0.4 is 10.2 Å². The van der Waals surface area contributed by atoms with Gasteiger partial charge in [0, 0.05) is 29.2 Å². The zero-order valence-corrected chi connectivity index (χ0v) is 18.1. The van der Waals surface area contributed by atoms with Crippen molar-refractivity contribution in [2.75, 3.05) is 4.90 Å². The molecule has 1 saturated heterocycles. The molecule has 7 heteroatoms. The summed E-state index contributed by atoms with van der Waals surface area (Å²) in [5, 5.41) is 15.1. The molecule has 1 fully saturated rings. The van der Waals surface area contributed by atoms with Crippen molar-refractivity contribution in [2.45, 2.75) is 39.4 Å². The fraction of sp³-hybridized carbons (Fsp3) is 0.273.